The van der Waals surface area contributed by atoms with Crippen LogP contribution in [0.1, 0.15) is 48.8 Å². The molecule has 2 amide bonds. The first-order chi connectivity index (χ1) is 14.1. The van der Waals surface area contributed by atoms with Crippen LogP contribution in [0.5, 0.6) is 0 Å². The van der Waals surface area contributed by atoms with E-state index in [1.165, 1.54) is 6.20 Å². The summed E-state index contributed by atoms with van der Waals surface area (Å²) in [6.07, 6.45) is 2.49. The number of fused-ring (bicyclic) bond motifs is 1. The predicted octanol–water partition coefficient (Wildman–Crippen LogP) is 4.60. The Labute approximate surface area is 169 Å². The Morgan fingerprint density at radius 2 is 1.83 bits per heavy atom. The molecule has 1 aromatic heterocycles. The van der Waals surface area contributed by atoms with E-state index < -0.39 is 0 Å². The molecule has 0 spiro atoms. The fourth-order valence-corrected chi connectivity index (χ4v) is 4.04. The van der Waals surface area contributed by atoms with E-state index in [1.54, 1.807) is 11.0 Å². The first kappa shape index (κ1) is 18.9. The Balaban J connectivity index is 1.80. The van der Waals surface area contributed by atoms with Crippen LogP contribution in [0.4, 0.5) is 11.4 Å². The molecule has 4 rings (SSSR count). The zero-order chi connectivity index (χ0) is 20.4. The molecule has 0 N–H and O–H groups in total. The van der Waals surface area contributed by atoms with Gasteiger partial charge in [-0.15, -0.1) is 0 Å². The normalized spacial score (nSPS) is 18.2. The topological polar surface area (TPSA) is 66.7 Å². The highest BCUT2D eigenvalue weighted by atomic mass is 16.5. The first-order valence-corrected chi connectivity index (χ1v) is 9.82. The van der Waals surface area contributed by atoms with Crippen molar-refractivity contribution in [1.29, 1.82) is 0 Å². The van der Waals surface area contributed by atoms with Crippen molar-refractivity contribution < 1.29 is 14.1 Å². The summed E-state index contributed by atoms with van der Waals surface area (Å²) < 4.78 is 5.11. The third-order valence-electron chi connectivity index (χ3n) is 5.35. The van der Waals surface area contributed by atoms with E-state index in [-0.39, 0.29) is 29.7 Å². The lowest BCUT2D eigenvalue weighted by Gasteiger charge is -2.43. The summed E-state index contributed by atoms with van der Waals surface area (Å²) in [5.74, 6) is 0.0295. The lowest BCUT2D eigenvalue weighted by atomic mass is 9.89. The molecule has 2 aromatic carbocycles. The van der Waals surface area contributed by atoms with Crippen molar-refractivity contribution in [3.8, 4) is 0 Å². The minimum Gasteiger partial charge on any atom is -0.351 e. The van der Waals surface area contributed by atoms with Gasteiger partial charge < -0.3 is 14.3 Å². The van der Waals surface area contributed by atoms with Crippen molar-refractivity contribution in [1.82, 2.24) is 5.16 Å². The van der Waals surface area contributed by atoms with Gasteiger partial charge in [0.05, 0.1) is 12.2 Å². The van der Waals surface area contributed by atoms with E-state index in [9.17, 15) is 9.59 Å². The molecule has 0 saturated heterocycles. The van der Waals surface area contributed by atoms with Crippen LogP contribution in [0.3, 0.4) is 0 Å². The lowest BCUT2D eigenvalue weighted by Crippen LogP contribution is -2.47. The Bertz CT molecular complexity index is 1000. The maximum atomic E-state index is 13.1. The van der Waals surface area contributed by atoms with Gasteiger partial charge in [-0.05, 0) is 37.1 Å². The van der Waals surface area contributed by atoms with Crippen molar-refractivity contribution in [2.75, 3.05) is 9.80 Å². The van der Waals surface area contributed by atoms with Crippen LogP contribution >= 0.6 is 0 Å². The Hall–Kier alpha value is -3.41. The van der Waals surface area contributed by atoms with Gasteiger partial charge in [-0.2, -0.15) is 0 Å². The van der Waals surface area contributed by atoms with Gasteiger partial charge in [-0.3, -0.25) is 9.59 Å². The Morgan fingerprint density at radius 1 is 1.10 bits per heavy atom. The molecule has 3 aromatic rings. The zero-order valence-electron chi connectivity index (χ0n) is 16.5. The van der Waals surface area contributed by atoms with Gasteiger partial charge in [0.15, 0.2) is 0 Å². The minimum absolute atomic E-state index is 0.0539. The van der Waals surface area contributed by atoms with Gasteiger partial charge in [-0.1, -0.05) is 48.5 Å². The van der Waals surface area contributed by atoms with E-state index in [2.05, 4.69) is 5.16 Å². The van der Waals surface area contributed by atoms with Gasteiger partial charge in [0.25, 0.3) is 5.91 Å². The standard InChI is InChI=1S/C23H23N3O3/c1-3-22(27)26(17-9-5-4-6-10-17)20-15-16(2)25(19-12-8-7-11-18(19)20)23(28)21-13-14-24-29-21/h4-14,16,20H,3,15H2,1-2H3/t16-,20+/m1/s1. The van der Waals surface area contributed by atoms with Gasteiger partial charge >= 0.3 is 0 Å². The average Bonchev–Trinajstić information content (AvgIpc) is 3.29. The number of benzene rings is 2. The average molecular weight is 389 g/mol. The largest absolute Gasteiger partial charge is 0.351 e. The molecule has 0 radical (unpaired) electrons. The molecule has 1 aliphatic rings. The summed E-state index contributed by atoms with van der Waals surface area (Å²) in [4.78, 5) is 29.6. The summed E-state index contributed by atoms with van der Waals surface area (Å²) >= 11 is 0. The third-order valence-corrected chi connectivity index (χ3v) is 5.35. The second kappa shape index (κ2) is 7.91. The van der Waals surface area contributed by atoms with Gasteiger partial charge in [0.2, 0.25) is 11.7 Å². The summed E-state index contributed by atoms with van der Waals surface area (Å²) in [7, 11) is 0. The Morgan fingerprint density at radius 3 is 2.52 bits per heavy atom. The molecule has 1 aliphatic heterocycles. The SMILES string of the molecule is CCC(=O)N(c1ccccc1)[C@H]1C[C@@H](C)N(C(=O)c2ccno2)c2ccccc21. The Kier molecular flexibility index (Phi) is 5.16. The number of nitrogens with zero attached hydrogens (tertiary/aromatic N) is 3. The van der Waals surface area contributed by atoms with Gasteiger partial charge in [-0.25, -0.2) is 0 Å². The van der Waals surface area contributed by atoms with Crippen LogP contribution in [-0.2, 0) is 4.79 Å². The highest BCUT2D eigenvalue weighted by Crippen LogP contribution is 2.42. The highest BCUT2D eigenvalue weighted by Gasteiger charge is 2.39. The van der Waals surface area contributed by atoms with Gasteiger partial charge in [0.1, 0.15) is 0 Å². The molecule has 148 valence electrons. The number of hydrogen-bond donors (Lipinski definition) is 0. The van der Waals surface area contributed by atoms with Crippen molar-refractivity contribution >= 4 is 23.2 Å². The molecule has 0 aliphatic carbocycles. The molecule has 0 unspecified atom stereocenters. The van der Waals surface area contributed by atoms with E-state index in [4.69, 9.17) is 4.52 Å². The highest BCUT2D eigenvalue weighted by molar-refractivity contribution is 6.05. The molecular formula is C23H23N3O3. The summed E-state index contributed by atoms with van der Waals surface area (Å²) in [5.41, 5.74) is 2.60. The number of para-hydroxylation sites is 2. The first-order valence-electron chi connectivity index (χ1n) is 9.82. The molecule has 2 heterocycles. The third kappa shape index (κ3) is 3.42. The van der Waals surface area contributed by atoms with Crippen molar-refractivity contribution in [3.63, 3.8) is 0 Å². The quantitative estimate of drug-likeness (QED) is 0.654. The summed E-state index contributed by atoms with van der Waals surface area (Å²) in [6, 6.07) is 18.8. The minimum atomic E-state index is -0.228. The summed E-state index contributed by atoms with van der Waals surface area (Å²) in [5, 5.41) is 3.66. The van der Waals surface area contributed by atoms with Crippen LogP contribution in [0.25, 0.3) is 0 Å². The van der Waals surface area contributed by atoms with E-state index in [0.29, 0.717) is 12.8 Å². The number of aromatic nitrogens is 1. The number of rotatable bonds is 4. The number of carbonyl (C=O) groups excluding carboxylic acids is 2. The molecule has 29 heavy (non-hydrogen) atoms. The second-order valence-corrected chi connectivity index (χ2v) is 7.16. The molecular weight excluding hydrogens is 366 g/mol. The smallest absolute Gasteiger partial charge is 0.297 e. The van der Waals surface area contributed by atoms with Crippen LogP contribution in [-0.4, -0.2) is 23.0 Å². The maximum absolute atomic E-state index is 13.1. The molecule has 6 nitrogen and oxygen atoms in total. The van der Waals surface area contributed by atoms with E-state index >= 15 is 0 Å². The number of anilines is 2. The second-order valence-electron chi connectivity index (χ2n) is 7.16. The van der Waals surface area contributed by atoms with E-state index in [0.717, 1.165) is 16.9 Å². The molecule has 2 atom stereocenters. The number of amides is 2. The lowest BCUT2D eigenvalue weighted by molar-refractivity contribution is -0.118. The monoisotopic (exact) mass is 389 g/mol. The molecule has 6 heteroatoms. The number of hydrogen-bond acceptors (Lipinski definition) is 4. The molecule has 0 bridgehead atoms. The zero-order valence-corrected chi connectivity index (χ0v) is 16.5. The molecule has 0 saturated carbocycles. The van der Waals surface area contributed by atoms with E-state index in [1.807, 2.05) is 73.3 Å². The van der Waals surface area contributed by atoms with Gasteiger partial charge in [0, 0.05) is 29.9 Å². The fraction of sp³-hybridized carbons (Fsp3) is 0.261. The van der Waals surface area contributed by atoms with Crippen LogP contribution in [0.2, 0.25) is 0 Å². The van der Waals surface area contributed by atoms with Crippen LogP contribution < -0.4 is 9.80 Å². The number of carbonyl (C=O) groups is 2. The summed E-state index contributed by atoms with van der Waals surface area (Å²) in [6.45, 7) is 3.87. The van der Waals surface area contributed by atoms with Crippen LogP contribution in [0, 0.1) is 0 Å². The van der Waals surface area contributed by atoms with Crippen LogP contribution in [0.15, 0.2) is 71.4 Å². The van der Waals surface area contributed by atoms with Crippen molar-refractivity contribution in [2.24, 2.45) is 0 Å². The molecule has 0 fully saturated rings. The fourth-order valence-electron chi connectivity index (χ4n) is 4.04. The maximum Gasteiger partial charge on any atom is 0.297 e. The van der Waals surface area contributed by atoms with Crippen molar-refractivity contribution in [2.45, 2.75) is 38.8 Å². The van der Waals surface area contributed by atoms with Crippen molar-refractivity contribution in [3.05, 3.63) is 78.2 Å². The predicted molar refractivity (Wildman–Crippen MR) is 111 cm³/mol.